The molecule has 1 saturated heterocycles. The molecule has 10 nitrogen and oxygen atoms in total. The summed E-state index contributed by atoms with van der Waals surface area (Å²) >= 11 is 1.46. The highest BCUT2D eigenvalue weighted by molar-refractivity contribution is 8.00. The molecule has 1 fully saturated rings. The van der Waals surface area contributed by atoms with Crippen molar-refractivity contribution in [1.82, 2.24) is 20.9 Å². The molecule has 4 amide bonds. The van der Waals surface area contributed by atoms with Crippen LogP contribution >= 0.6 is 11.8 Å². The van der Waals surface area contributed by atoms with Crippen molar-refractivity contribution in [2.24, 2.45) is 0 Å². The highest BCUT2D eigenvalue weighted by Crippen LogP contribution is 2.40. The molecule has 0 aromatic heterocycles. The number of carbonyl (C=O) groups excluding carboxylic acids is 3. The Hall–Kier alpha value is -4.22. The number of rotatable bonds is 12. The van der Waals surface area contributed by atoms with Crippen LogP contribution in [0.15, 0.2) is 78.9 Å². The Bertz CT molecular complexity index is 1400. The Morgan fingerprint density at radius 1 is 0.864 bits per heavy atom. The normalized spacial score (nSPS) is 16.8. The average molecular weight is 621 g/mol. The summed E-state index contributed by atoms with van der Waals surface area (Å²) in [5, 5.41) is 19.9. The molecule has 0 saturated carbocycles. The Balaban J connectivity index is 1.45. The zero-order valence-corrected chi connectivity index (χ0v) is 26.2. The lowest BCUT2D eigenvalue weighted by Crippen LogP contribution is -2.59. The molecule has 3 aromatic carbocycles. The second-order valence-electron chi connectivity index (χ2n) is 11.1. The van der Waals surface area contributed by atoms with Gasteiger partial charge in [0.1, 0.15) is 17.5 Å². The summed E-state index contributed by atoms with van der Waals surface area (Å²) in [6, 6.07) is 21.6. The van der Waals surface area contributed by atoms with E-state index >= 15 is 0 Å². The SMILES string of the molecule is COc1ccc(CNC(=O)N[C@@H](Cc2ccccc2)[C@H](O)C(=O)N2CSC(C)(C)C2C(=O)NCc2ccc(OC)cc2)cc1. The Kier molecular flexibility index (Phi) is 11.1. The van der Waals surface area contributed by atoms with E-state index in [1.807, 2.05) is 80.6 Å². The van der Waals surface area contributed by atoms with E-state index in [9.17, 15) is 19.5 Å². The lowest BCUT2D eigenvalue weighted by Gasteiger charge is -2.33. The Morgan fingerprint density at radius 3 is 1.95 bits per heavy atom. The van der Waals surface area contributed by atoms with E-state index in [1.165, 1.54) is 16.7 Å². The van der Waals surface area contributed by atoms with Gasteiger partial charge in [0.2, 0.25) is 5.91 Å². The fraction of sp³-hybridized carbons (Fsp3) is 0.364. The number of benzene rings is 3. The van der Waals surface area contributed by atoms with E-state index < -0.39 is 34.9 Å². The summed E-state index contributed by atoms with van der Waals surface area (Å²) in [6.45, 7) is 4.32. The Labute approximate surface area is 262 Å². The maximum Gasteiger partial charge on any atom is 0.315 e. The molecule has 0 aliphatic carbocycles. The van der Waals surface area contributed by atoms with Crippen molar-refractivity contribution < 1.29 is 29.0 Å². The lowest BCUT2D eigenvalue weighted by atomic mass is 9.97. The monoisotopic (exact) mass is 620 g/mol. The average Bonchev–Trinajstić information content (AvgIpc) is 3.37. The maximum absolute atomic E-state index is 13.8. The van der Waals surface area contributed by atoms with Crippen molar-refractivity contribution in [2.45, 2.75) is 56.3 Å². The zero-order chi connectivity index (χ0) is 31.7. The first-order valence-corrected chi connectivity index (χ1v) is 15.3. The van der Waals surface area contributed by atoms with Gasteiger partial charge < -0.3 is 35.4 Å². The molecule has 44 heavy (non-hydrogen) atoms. The summed E-state index contributed by atoms with van der Waals surface area (Å²) < 4.78 is 9.77. The summed E-state index contributed by atoms with van der Waals surface area (Å²) in [7, 11) is 3.17. The third-order valence-electron chi connectivity index (χ3n) is 7.56. The minimum atomic E-state index is -1.59. The molecule has 4 rings (SSSR count). The van der Waals surface area contributed by atoms with Gasteiger partial charge in [-0.2, -0.15) is 0 Å². The predicted octanol–water partition coefficient (Wildman–Crippen LogP) is 3.47. The molecule has 0 radical (unpaired) electrons. The summed E-state index contributed by atoms with van der Waals surface area (Å²) in [4.78, 5) is 41.7. The van der Waals surface area contributed by atoms with E-state index in [0.29, 0.717) is 11.5 Å². The van der Waals surface area contributed by atoms with E-state index in [1.54, 1.807) is 26.4 Å². The standard InChI is InChI=1S/C33H40N4O6S/c1-33(2)29(30(39)34-19-23-10-14-25(42-3)15-11-23)37(21-44-33)31(40)28(38)27(18-22-8-6-5-7-9-22)36-32(41)35-20-24-12-16-26(43-4)17-13-24/h5-17,27-29,38H,18-21H2,1-4H3,(H,34,39)(H2,35,36,41)/t27-,28-,29?/m0/s1. The zero-order valence-electron chi connectivity index (χ0n) is 25.4. The van der Waals surface area contributed by atoms with Crippen LogP contribution in [0.2, 0.25) is 0 Å². The summed E-state index contributed by atoms with van der Waals surface area (Å²) in [5.41, 5.74) is 2.58. The molecule has 11 heteroatoms. The highest BCUT2D eigenvalue weighted by Gasteiger charge is 2.49. The van der Waals surface area contributed by atoms with E-state index in [-0.39, 0.29) is 31.3 Å². The third-order valence-corrected chi connectivity index (χ3v) is 8.94. The molecule has 234 valence electrons. The van der Waals surface area contributed by atoms with E-state index in [4.69, 9.17) is 9.47 Å². The molecule has 0 bridgehead atoms. The van der Waals surface area contributed by atoms with Gasteiger partial charge in [0, 0.05) is 17.8 Å². The van der Waals surface area contributed by atoms with Crippen LogP contribution in [0.5, 0.6) is 11.5 Å². The molecule has 4 N–H and O–H groups in total. The van der Waals surface area contributed by atoms with Crippen molar-refractivity contribution in [3.8, 4) is 11.5 Å². The first-order chi connectivity index (χ1) is 21.1. The molecular formula is C33H40N4O6S. The van der Waals surface area contributed by atoms with Crippen molar-refractivity contribution in [1.29, 1.82) is 0 Å². The maximum atomic E-state index is 13.8. The van der Waals surface area contributed by atoms with Crippen LogP contribution in [-0.4, -0.2) is 70.9 Å². The first kappa shape index (κ1) is 32.7. The van der Waals surface area contributed by atoms with Crippen molar-refractivity contribution in [3.05, 3.63) is 95.6 Å². The van der Waals surface area contributed by atoms with E-state index in [2.05, 4.69) is 16.0 Å². The van der Waals surface area contributed by atoms with Gasteiger partial charge in [0.05, 0.1) is 26.1 Å². The van der Waals surface area contributed by atoms with Crippen LogP contribution in [0.3, 0.4) is 0 Å². The van der Waals surface area contributed by atoms with Crippen molar-refractivity contribution in [3.63, 3.8) is 0 Å². The molecule has 1 heterocycles. The summed E-state index contributed by atoms with van der Waals surface area (Å²) in [6.07, 6.45) is -1.38. The minimum absolute atomic E-state index is 0.211. The number of aliphatic hydroxyl groups is 1. The number of carbonyl (C=O) groups is 3. The number of nitrogens with one attached hydrogen (secondary N) is 3. The van der Waals surface area contributed by atoms with E-state index in [0.717, 1.165) is 16.7 Å². The van der Waals surface area contributed by atoms with Crippen LogP contribution < -0.4 is 25.4 Å². The minimum Gasteiger partial charge on any atom is -0.497 e. The number of urea groups is 1. The van der Waals surface area contributed by atoms with Crippen molar-refractivity contribution in [2.75, 3.05) is 20.1 Å². The molecular weight excluding hydrogens is 580 g/mol. The fourth-order valence-corrected chi connectivity index (χ4v) is 6.18. The van der Waals surface area contributed by atoms with Gasteiger partial charge in [-0.1, -0.05) is 54.6 Å². The fourth-order valence-electron chi connectivity index (χ4n) is 5.04. The quantitative estimate of drug-likeness (QED) is 0.244. The van der Waals surface area contributed by atoms with Gasteiger partial charge in [-0.3, -0.25) is 9.59 Å². The van der Waals surface area contributed by atoms with Crippen LogP contribution in [-0.2, 0) is 29.1 Å². The number of nitrogens with zero attached hydrogens (tertiary/aromatic N) is 1. The highest BCUT2D eigenvalue weighted by atomic mass is 32.2. The topological polar surface area (TPSA) is 129 Å². The lowest BCUT2D eigenvalue weighted by molar-refractivity contribution is -0.147. The molecule has 3 aromatic rings. The molecule has 3 atom stereocenters. The predicted molar refractivity (Wildman–Crippen MR) is 170 cm³/mol. The number of ether oxygens (including phenoxy) is 2. The van der Waals surface area contributed by atoms with Gasteiger partial charge in [-0.15, -0.1) is 11.8 Å². The smallest absolute Gasteiger partial charge is 0.315 e. The van der Waals surface area contributed by atoms with Gasteiger partial charge in [-0.05, 0) is 61.2 Å². The van der Waals surface area contributed by atoms with Gasteiger partial charge in [0.15, 0.2) is 6.10 Å². The number of hydrogen-bond acceptors (Lipinski definition) is 7. The number of methoxy groups -OCH3 is 2. The van der Waals surface area contributed by atoms with Gasteiger partial charge in [0.25, 0.3) is 5.91 Å². The number of amides is 4. The van der Waals surface area contributed by atoms with Gasteiger partial charge in [-0.25, -0.2) is 4.79 Å². The second-order valence-corrected chi connectivity index (χ2v) is 12.7. The number of thioether (sulfide) groups is 1. The second kappa shape index (κ2) is 15.0. The van der Waals surface area contributed by atoms with Crippen LogP contribution in [0, 0.1) is 0 Å². The van der Waals surface area contributed by atoms with Crippen LogP contribution in [0.25, 0.3) is 0 Å². The third kappa shape index (κ3) is 8.45. The molecule has 1 aliphatic heterocycles. The summed E-state index contributed by atoms with van der Waals surface area (Å²) in [5.74, 6) is 0.710. The van der Waals surface area contributed by atoms with Crippen LogP contribution in [0.1, 0.15) is 30.5 Å². The Morgan fingerprint density at radius 2 is 1.41 bits per heavy atom. The molecule has 0 spiro atoms. The largest absolute Gasteiger partial charge is 0.497 e. The van der Waals surface area contributed by atoms with Gasteiger partial charge >= 0.3 is 6.03 Å². The molecule has 1 aliphatic rings. The first-order valence-electron chi connectivity index (χ1n) is 14.4. The number of aliphatic hydroxyl groups excluding tert-OH is 1. The van der Waals surface area contributed by atoms with Crippen LogP contribution in [0.4, 0.5) is 4.79 Å². The number of hydrogen-bond donors (Lipinski definition) is 4. The molecule has 1 unspecified atom stereocenters. The van der Waals surface area contributed by atoms with Crippen molar-refractivity contribution >= 4 is 29.6 Å².